The van der Waals surface area contributed by atoms with Gasteiger partial charge in [-0.3, -0.25) is 4.40 Å². The maximum atomic E-state index is 6.17. The summed E-state index contributed by atoms with van der Waals surface area (Å²) in [6.07, 6.45) is 2.19. The van der Waals surface area contributed by atoms with E-state index in [0.717, 1.165) is 50.9 Å². The van der Waals surface area contributed by atoms with Crippen LogP contribution in [0.15, 0.2) is 59.8 Å². The van der Waals surface area contributed by atoms with Crippen LogP contribution in [0.5, 0.6) is 0 Å². The summed E-state index contributed by atoms with van der Waals surface area (Å²) in [5, 5.41) is 11.6. The van der Waals surface area contributed by atoms with Gasteiger partial charge in [-0.25, -0.2) is 0 Å². The van der Waals surface area contributed by atoms with Crippen molar-refractivity contribution in [2.45, 2.75) is 24.9 Å². The number of pyridine rings is 1. The standard InChI is InChI=1S/C20H18ClN3S/c1-14-12-19-22-23-20(24(19)18-10-9-16(21)13-17(14)18)25-11-5-8-15-6-3-2-4-7-15/h2-4,6-7,9-10,12-13H,5,8,11H2,1H3. The lowest BCUT2D eigenvalue weighted by Gasteiger charge is -2.08. The van der Waals surface area contributed by atoms with Crippen LogP contribution in [-0.4, -0.2) is 20.4 Å². The van der Waals surface area contributed by atoms with E-state index in [1.807, 2.05) is 12.1 Å². The Morgan fingerprint density at radius 3 is 2.72 bits per heavy atom. The summed E-state index contributed by atoms with van der Waals surface area (Å²) >= 11 is 7.93. The summed E-state index contributed by atoms with van der Waals surface area (Å²) in [6, 6.07) is 18.6. The summed E-state index contributed by atoms with van der Waals surface area (Å²) in [5.41, 5.74) is 4.54. The van der Waals surface area contributed by atoms with Crippen molar-refractivity contribution >= 4 is 39.9 Å². The van der Waals surface area contributed by atoms with E-state index in [0.29, 0.717) is 0 Å². The van der Waals surface area contributed by atoms with Gasteiger partial charge in [0.1, 0.15) is 0 Å². The number of thioether (sulfide) groups is 1. The van der Waals surface area contributed by atoms with Gasteiger partial charge in [0.25, 0.3) is 0 Å². The molecule has 0 radical (unpaired) electrons. The van der Waals surface area contributed by atoms with E-state index in [4.69, 9.17) is 11.6 Å². The molecular formula is C20H18ClN3S. The van der Waals surface area contributed by atoms with Gasteiger partial charge in [-0.05, 0) is 55.2 Å². The molecule has 2 aromatic heterocycles. The first kappa shape index (κ1) is 16.4. The highest BCUT2D eigenvalue weighted by atomic mass is 35.5. The Kier molecular flexibility index (Phi) is 4.64. The zero-order valence-electron chi connectivity index (χ0n) is 13.9. The average molecular weight is 368 g/mol. The van der Waals surface area contributed by atoms with Crippen molar-refractivity contribution < 1.29 is 0 Å². The first-order valence-electron chi connectivity index (χ1n) is 8.33. The fourth-order valence-corrected chi connectivity index (χ4v) is 4.13. The molecule has 0 spiro atoms. The van der Waals surface area contributed by atoms with Crippen molar-refractivity contribution in [3.63, 3.8) is 0 Å². The van der Waals surface area contributed by atoms with Crippen LogP contribution in [-0.2, 0) is 6.42 Å². The molecule has 0 aliphatic heterocycles. The van der Waals surface area contributed by atoms with Crippen LogP contribution < -0.4 is 0 Å². The van der Waals surface area contributed by atoms with Crippen LogP contribution in [0.3, 0.4) is 0 Å². The van der Waals surface area contributed by atoms with E-state index >= 15 is 0 Å². The molecule has 0 saturated carbocycles. The number of aryl methyl sites for hydroxylation is 2. The molecule has 0 fully saturated rings. The molecule has 4 aromatic rings. The fraction of sp³-hybridized carbons (Fsp3) is 0.200. The van der Waals surface area contributed by atoms with Gasteiger partial charge in [0.05, 0.1) is 5.52 Å². The highest BCUT2D eigenvalue weighted by molar-refractivity contribution is 7.99. The minimum absolute atomic E-state index is 0.750. The zero-order valence-corrected chi connectivity index (χ0v) is 15.5. The second kappa shape index (κ2) is 7.06. The number of aromatic nitrogens is 3. The number of hydrogen-bond acceptors (Lipinski definition) is 3. The molecule has 5 heteroatoms. The molecule has 2 heterocycles. The largest absolute Gasteiger partial charge is 0.270 e. The Hall–Kier alpha value is -2.04. The molecule has 126 valence electrons. The molecule has 0 unspecified atom stereocenters. The van der Waals surface area contributed by atoms with Crippen molar-refractivity contribution in [2.75, 3.05) is 5.75 Å². The summed E-state index contributed by atoms with van der Waals surface area (Å²) in [5.74, 6) is 1.01. The number of halogens is 1. The number of rotatable bonds is 5. The third-order valence-corrected chi connectivity index (χ3v) is 5.56. The quantitative estimate of drug-likeness (QED) is 0.341. The van der Waals surface area contributed by atoms with E-state index in [2.05, 4.69) is 64.0 Å². The molecule has 2 aromatic carbocycles. The summed E-state index contributed by atoms with van der Waals surface area (Å²) in [7, 11) is 0. The fourth-order valence-electron chi connectivity index (χ4n) is 3.07. The third kappa shape index (κ3) is 3.37. The van der Waals surface area contributed by atoms with Crippen molar-refractivity contribution in [1.82, 2.24) is 14.6 Å². The number of hydrogen-bond donors (Lipinski definition) is 0. The summed E-state index contributed by atoms with van der Waals surface area (Å²) in [6.45, 7) is 2.08. The van der Waals surface area contributed by atoms with Gasteiger partial charge in [-0.1, -0.05) is 53.7 Å². The lowest BCUT2D eigenvalue weighted by Crippen LogP contribution is -1.94. The van der Waals surface area contributed by atoms with Crippen LogP contribution in [0, 0.1) is 6.92 Å². The van der Waals surface area contributed by atoms with Crippen LogP contribution >= 0.6 is 23.4 Å². The SMILES string of the molecule is Cc1cc2nnc(SCCCc3ccccc3)n2c2ccc(Cl)cc12. The van der Waals surface area contributed by atoms with Gasteiger partial charge >= 0.3 is 0 Å². The van der Waals surface area contributed by atoms with Crippen LogP contribution in [0.1, 0.15) is 17.5 Å². The van der Waals surface area contributed by atoms with Gasteiger partial charge in [0, 0.05) is 16.2 Å². The predicted octanol–water partition coefficient (Wildman–Crippen LogP) is 5.57. The minimum Gasteiger partial charge on any atom is -0.270 e. The molecule has 0 bridgehead atoms. The Balaban J connectivity index is 1.58. The zero-order chi connectivity index (χ0) is 17.2. The first-order chi connectivity index (χ1) is 12.2. The monoisotopic (exact) mass is 367 g/mol. The molecule has 0 atom stereocenters. The first-order valence-corrected chi connectivity index (χ1v) is 9.69. The van der Waals surface area contributed by atoms with E-state index in [1.54, 1.807) is 11.8 Å². The van der Waals surface area contributed by atoms with Crippen LogP contribution in [0.2, 0.25) is 5.02 Å². The molecule has 0 aliphatic carbocycles. The van der Waals surface area contributed by atoms with Crippen molar-refractivity contribution in [3.8, 4) is 0 Å². The van der Waals surface area contributed by atoms with E-state index in [9.17, 15) is 0 Å². The number of nitrogens with zero attached hydrogens (tertiary/aromatic N) is 3. The second-order valence-electron chi connectivity index (χ2n) is 6.10. The Labute approximate surface area is 156 Å². The smallest absolute Gasteiger partial charge is 0.196 e. The van der Waals surface area contributed by atoms with Gasteiger partial charge < -0.3 is 0 Å². The Bertz CT molecular complexity index is 1030. The van der Waals surface area contributed by atoms with E-state index in [-0.39, 0.29) is 0 Å². The Morgan fingerprint density at radius 1 is 1.04 bits per heavy atom. The second-order valence-corrected chi connectivity index (χ2v) is 7.60. The molecule has 0 N–H and O–H groups in total. The predicted molar refractivity (Wildman–Crippen MR) is 106 cm³/mol. The summed E-state index contributed by atoms with van der Waals surface area (Å²) in [4.78, 5) is 0. The molecule has 0 amide bonds. The topological polar surface area (TPSA) is 30.2 Å². The lowest BCUT2D eigenvalue weighted by atomic mass is 10.1. The van der Waals surface area contributed by atoms with Gasteiger partial charge in [0.2, 0.25) is 0 Å². The third-order valence-electron chi connectivity index (χ3n) is 4.31. The van der Waals surface area contributed by atoms with Gasteiger partial charge in [-0.2, -0.15) is 0 Å². The van der Waals surface area contributed by atoms with Gasteiger partial charge in [-0.15, -0.1) is 10.2 Å². The molecule has 0 saturated heterocycles. The Morgan fingerprint density at radius 2 is 1.88 bits per heavy atom. The maximum absolute atomic E-state index is 6.17. The normalized spacial score (nSPS) is 11.4. The molecule has 0 aliphatic rings. The van der Waals surface area contributed by atoms with Crippen molar-refractivity contribution in [1.29, 1.82) is 0 Å². The number of fused-ring (bicyclic) bond motifs is 3. The molecule has 25 heavy (non-hydrogen) atoms. The molecule has 4 rings (SSSR count). The molecular weight excluding hydrogens is 350 g/mol. The number of benzene rings is 2. The molecule has 3 nitrogen and oxygen atoms in total. The highest BCUT2D eigenvalue weighted by Gasteiger charge is 2.11. The maximum Gasteiger partial charge on any atom is 0.196 e. The van der Waals surface area contributed by atoms with E-state index in [1.165, 1.54) is 5.56 Å². The van der Waals surface area contributed by atoms with Crippen LogP contribution in [0.25, 0.3) is 16.6 Å². The van der Waals surface area contributed by atoms with Gasteiger partial charge in [0.15, 0.2) is 10.8 Å². The van der Waals surface area contributed by atoms with Crippen molar-refractivity contribution in [3.05, 3.63) is 70.7 Å². The van der Waals surface area contributed by atoms with Crippen molar-refractivity contribution in [2.24, 2.45) is 0 Å². The van der Waals surface area contributed by atoms with Crippen LogP contribution in [0.4, 0.5) is 0 Å². The van der Waals surface area contributed by atoms with E-state index < -0.39 is 0 Å². The average Bonchev–Trinajstić information content (AvgIpc) is 3.03. The summed E-state index contributed by atoms with van der Waals surface area (Å²) < 4.78 is 2.13. The lowest BCUT2D eigenvalue weighted by molar-refractivity contribution is 0.909. The minimum atomic E-state index is 0.750. The highest BCUT2D eigenvalue weighted by Crippen LogP contribution is 2.28.